The summed E-state index contributed by atoms with van der Waals surface area (Å²) in [7, 11) is 0. The number of aromatic nitrogens is 2. The summed E-state index contributed by atoms with van der Waals surface area (Å²) in [5.41, 5.74) is 8.93. The summed E-state index contributed by atoms with van der Waals surface area (Å²) in [6.07, 6.45) is 0. The number of rotatable bonds is 3. The predicted molar refractivity (Wildman–Crippen MR) is 90.3 cm³/mol. The highest BCUT2D eigenvalue weighted by atomic mass is 79.9. The summed E-state index contributed by atoms with van der Waals surface area (Å²) in [4.78, 5) is 0. The van der Waals surface area contributed by atoms with E-state index in [1.165, 1.54) is 0 Å². The summed E-state index contributed by atoms with van der Waals surface area (Å²) in [6.45, 7) is 0.555. The van der Waals surface area contributed by atoms with Gasteiger partial charge in [0.05, 0.1) is 12.2 Å². The average Bonchev–Trinajstić information content (AvgIpc) is 2.83. The highest BCUT2D eigenvalue weighted by Gasteiger charge is 2.09. The van der Waals surface area contributed by atoms with E-state index in [2.05, 4.69) is 21.0 Å². The van der Waals surface area contributed by atoms with Gasteiger partial charge in [-0.2, -0.15) is 5.10 Å². The van der Waals surface area contributed by atoms with Gasteiger partial charge in [0.25, 0.3) is 0 Å². The van der Waals surface area contributed by atoms with E-state index in [-0.39, 0.29) is 0 Å². The molecule has 0 amide bonds. The summed E-state index contributed by atoms with van der Waals surface area (Å²) in [6, 6.07) is 17.6. The van der Waals surface area contributed by atoms with E-state index in [1.807, 2.05) is 54.6 Å². The molecular formula is C16H13BrClN3. The number of benzene rings is 2. The summed E-state index contributed by atoms with van der Waals surface area (Å²) in [5.74, 6) is 0.616. The Balaban J connectivity index is 1.93. The Labute approximate surface area is 136 Å². The topological polar surface area (TPSA) is 43.8 Å². The van der Waals surface area contributed by atoms with Gasteiger partial charge in [-0.3, -0.25) is 0 Å². The lowest BCUT2D eigenvalue weighted by Crippen LogP contribution is -2.06. The minimum absolute atomic E-state index is 0.555. The van der Waals surface area contributed by atoms with Crippen molar-refractivity contribution in [2.45, 2.75) is 6.54 Å². The van der Waals surface area contributed by atoms with Crippen LogP contribution in [0.1, 0.15) is 5.56 Å². The molecule has 2 aromatic carbocycles. The maximum Gasteiger partial charge on any atom is 0.122 e. The fourth-order valence-electron chi connectivity index (χ4n) is 2.13. The van der Waals surface area contributed by atoms with E-state index in [0.29, 0.717) is 12.4 Å². The van der Waals surface area contributed by atoms with E-state index >= 15 is 0 Å². The molecule has 0 atom stereocenters. The fourth-order valence-corrected chi connectivity index (χ4v) is 2.73. The lowest BCUT2D eigenvalue weighted by molar-refractivity contribution is 0.700. The molecule has 3 aromatic rings. The van der Waals surface area contributed by atoms with Crippen molar-refractivity contribution in [1.82, 2.24) is 9.78 Å². The normalized spacial score (nSPS) is 10.8. The van der Waals surface area contributed by atoms with Crippen LogP contribution in [0.2, 0.25) is 5.02 Å². The first-order valence-electron chi connectivity index (χ1n) is 6.46. The summed E-state index contributed by atoms with van der Waals surface area (Å²) in [5, 5.41) is 5.29. The highest BCUT2D eigenvalue weighted by Crippen LogP contribution is 2.25. The second-order valence-corrected chi connectivity index (χ2v) is 6.04. The van der Waals surface area contributed by atoms with Gasteiger partial charge in [0.2, 0.25) is 0 Å². The Morgan fingerprint density at radius 3 is 2.67 bits per heavy atom. The molecule has 0 radical (unpaired) electrons. The summed E-state index contributed by atoms with van der Waals surface area (Å²) >= 11 is 9.65. The van der Waals surface area contributed by atoms with Gasteiger partial charge in [-0.1, -0.05) is 57.9 Å². The second-order valence-electron chi connectivity index (χ2n) is 4.71. The van der Waals surface area contributed by atoms with Crippen LogP contribution in [0, 0.1) is 0 Å². The van der Waals surface area contributed by atoms with Gasteiger partial charge in [0, 0.05) is 21.1 Å². The van der Waals surface area contributed by atoms with E-state index in [1.54, 1.807) is 4.68 Å². The van der Waals surface area contributed by atoms with Crippen molar-refractivity contribution in [2.24, 2.45) is 0 Å². The van der Waals surface area contributed by atoms with Crippen LogP contribution < -0.4 is 5.73 Å². The third kappa shape index (κ3) is 3.12. The molecule has 0 unspecified atom stereocenters. The molecule has 0 saturated heterocycles. The van der Waals surface area contributed by atoms with Crippen molar-refractivity contribution < 1.29 is 0 Å². The third-order valence-corrected chi connectivity index (χ3v) is 4.07. The van der Waals surface area contributed by atoms with Crippen LogP contribution in [0.4, 0.5) is 5.82 Å². The molecule has 1 aromatic heterocycles. The first-order chi connectivity index (χ1) is 10.1. The molecule has 0 aliphatic rings. The van der Waals surface area contributed by atoms with Crippen molar-refractivity contribution in [1.29, 1.82) is 0 Å². The zero-order valence-electron chi connectivity index (χ0n) is 11.1. The van der Waals surface area contributed by atoms with Crippen molar-refractivity contribution in [3.05, 3.63) is 69.7 Å². The highest BCUT2D eigenvalue weighted by molar-refractivity contribution is 9.10. The fraction of sp³-hybridized carbons (Fsp3) is 0.0625. The lowest BCUT2D eigenvalue weighted by Gasteiger charge is -2.06. The van der Waals surface area contributed by atoms with Gasteiger partial charge >= 0.3 is 0 Å². The van der Waals surface area contributed by atoms with E-state index in [9.17, 15) is 0 Å². The molecule has 106 valence electrons. The SMILES string of the molecule is Nc1cc(-c2cccc(Br)c2)nn1Cc1ccccc1Cl. The smallest absolute Gasteiger partial charge is 0.122 e. The third-order valence-electron chi connectivity index (χ3n) is 3.21. The molecule has 0 saturated carbocycles. The molecule has 2 N–H and O–H groups in total. The van der Waals surface area contributed by atoms with Gasteiger partial charge in [-0.05, 0) is 23.8 Å². The van der Waals surface area contributed by atoms with Crippen LogP contribution in [0.3, 0.4) is 0 Å². The van der Waals surface area contributed by atoms with Gasteiger partial charge in [0.15, 0.2) is 0 Å². The van der Waals surface area contributed by atoms with Crippen LogP contribution in [-0.4, -0.2) is 9.78 Å². The Bertz CT molecular complexity index is 783. The second kappa shape index (κ2) is 5.92. The molecule has 0 bridgehead atoms. The molecule has 0 fully saturated rings. The molecule has 0 aliphatic carbocycles. The van der Waals surface area contributed by atoms with E-state index < -0.39 is 0 Å². The predicted octanol–water partition coefficient (Wildman–Crippen LogP) is 4.60. The minimum Gasteiger partial charge on any atom is -0.384 e. The maximum atomic E-state index is 6.18. The van der Waals surface area contributed by atoms with E-state index in [4.69, 9.17) is 17.3 Å². The number of nitrogens with zero attached hydrogens (tertiary/aromatic N) is 2. The Hall–Kier alpha value is -1.78. The zero-order chi connectivity index (χ0) is 14.8. The van der Waals surface area contributed by atoms with Crippen LogP contribution in [0.25, 0.3) is 11.3 Å². The standard InChI is InChI=1S/C16H13BrClN3/c17-13-6-3-5-11(8-13)15-9-16(19)21(20-15)10-12-4-1-2-7-14(12)18/h1-9H,10,19H2. The Morgan fingerprint density at radius 1 is 1.10 bits per heavy atom. The van der Waals surface area contributed by atoms with Crippen molar-refractivity contribution in [2.75, 3.05) is 5.73 Å². The monoisotopic (exact) mass is 361 g/mol. The number of nitrogens with two attached hydrogens (primary N) is 1. The first kappa shape index (κ1) is 14.2. The molecular weight excluding hydrogens is 350 g/mol. The van der Waals surface area contributed by atoms with Crippen molar-refractivity contribution >= 4 is 33.3 Å². The minimum atomic E-state index is 0.555. The van der Waals surface area contributed by atoms with Gasteiger partial charge in [0.1, 0.15) is 5.82 Å². The van der Waals surface area contributed by atoms with Crippen LogP contribution in [0.5, 0.6) is 0 Å². The number of hydrogen-bond acceptors (Lipinski definition) is 2. The number of halogens is 2. The number of nitrogen functional groups attached to an aromatic ring is 1. The average molecular weight is 363 g/mol. The summed E-state index contributed by atoms with van der Waals surface area (Å²) < 4.78 is 2.77. The molecule has 3 rings (SSSR count). The largest absolute Gasteiger partial charge is 0.384 e. The molecule has 21 heavy (non-hydrogen) atoms. The zero-order valence-corrected chi connectivity index (χ0v) is 13.5. The van der Waals surface area contributed by atoms with Gasteiger partial charge in [-0.25, -0.2) is 4.68 Å². The van der Waals surface area contributed by atoms with E-state index in [0.717, 1.165) is 26.3 Å². The van der Waals surface area contributed by atoms with Crippen LogP contribution in [-0.2, 0) is 6.54 Å². The molecule has 0 spiro atoms. The number of hydrogen-bond donors (Lipinski definition) is 1. The quantitative estimate of drug-likeness (QED) is 0.740. The van der Waals surface area contributed by atoms with Crippen LogP contribution >= 0.6 is 27.5 Å². The first-order valence-corrected chi connectivity index (χ1v) is 7.63. The Kier molecular flexibility index (Phi) is 3.99. The number of anilines is 1. The van der Waals surface area contributed by atoms with Crippen LogP contribution in [0.15, 0.2) is 59.1 Å². The molecule has 1 heterocycles. The van der Waals surface area contributed by atoms with Crippen molar-refractivity contribution in [3.8, 4) is 11.3 Å². The molecule has 5 heteroatoms. The molecule has 3 nitrogen and oxygen atoms in total. The molecule has 0 aliphatic heterocycles. The maximum absolute atomic E-state index is 6.18. The van der Waals surface area contributed by atoms with Crippen molar-refractivity contribution in [3.63, 3.8) is 0 Å². The Morgan fingerprint density at radius 2 is 1.90 bits per heavy atom. The van der Waals surface area contributed by atoms with Gasteiger partial charge in [-0.15, -0.1) is 0 Å². The van der Waals surface area contributed by atoms with Gasteiger partial charge < -0.3 is 5.73 Å². The lowest BCUT2D eigenvalue weighted by atomic mass is 10.2.